The highest BCUT2D eigenvalue weighted by molar-refractivity contribution is 6.12. The Bertz CT molecular complexity index is 3330. The normalized spacial score (nSPS) is 12.3. The van der Waals surface area contributed by atoms with E-state index < -0.39 is 35.2 Å². The zero-order chi connectivity index (χ0) is 48.4. The predicted molar refractivity (Wildman–Crippen MR) is 258 cm³/mol. The highest BCUT2D eigenvalue weighted by Crippen LogP contribution is 2.44. The van der Waals surface area contributed by atoms with E-state index >= 15 is 0 Å². The van der Waals surface area contributed by atoms with Gasteiger partial charge >= 0.3 is 18.5 Å². The number of alkyl halides is 9. The van der Waals surface area contributed by atoms with Crippen molar-refractivity contribution in [2.75, 3.05) is 0 Å². The number of para-hydroxylation sites is 1. The van der Waals surface area contributed by atoms with Crippen LogP contribution in [0.25, 0.3) is 94.3 Å². The van der Waals surface area contributed by atoms with Crippen LogP contribution in [-0.2, 0) is 18.5 Å². The Hall–Kier alpha value is -7.85. The van der Waals surface area contributed by atoms with Gasteiger partial charge in [0.05, 0.1) is 33.4 Å². The maximum Gasteiger partial charge on any atom is 0.418 e. The van der Waals surface area contributed by atoms with Gasteiger partial charge in [0.25, 0.3) is 0 Å². The molecule has 0 amide bonds. The van der Waals surface area contributed by atoms with E-state index in [-0.39, 0.29) is 5.69 Å². The molecule has 0 aliphatic carbocycles. The molecular weight excluding hydrogens is 894 g/mol. The van der Waals surface area contributed by atoms with E-state index in [2.05, 4.69) is 0 Å². The molecule has 10 aromatic rings. The van der Waals surface area contributed by atoms with Crippen LogP contribution in [0.5, 0.6) is 0 Å². The lowest BCUT2D eigenvalue weighted by atomic mass is 9.91. The van der Waals surface area contributed by atoms with Gasteiger partial charge < -0.3 is 4.57 Å². The monoisotopic (exact) mass is 931 g/mol. The van der Waals surface area contributed by atoms with E-state index in [0.29, 0.717) is 55.2 Å². The Morgan fingerprint density at radius 2 is 0.594 bits per heavy atom. The first-order valence-corrected chi connectivity index (χ1v) is 21.9. The number of hydrogen-bond acceptors (Lipinski definition) is 0. The highest BCUT2D eigenvalue weighted by Gasteiger charge is 2.35. The average molecular weight is 932 g/mol. The van der Waals surface area contributed by atoms with E-state index in [1.54, 1.807) is 22.8 Å². The third kappa shape index (κ3) is 8.90. The fraction of sp³-hybridized carbons (Fsp3) is 0.0847. The molecular formula is C59H38F9N. The minimum Gasteiger partial charge on any atom is -0.309 e. The Balaban J connectivity index is 1.20. The summed E-state index contributed by atoms with van der Waals surface area (Å²) in [6.07, 6.45) is -13.7. The largest absolute Gasteiger partial charge is 0.418 e. The van der Waals surface area contributed by atoms with Crippen molar-refractivity contribution in [2.24, 2.45) is 0 Å². The van der Waals surface area contributed by atoms with Crippen molar-refractivity contribution < 1.29 is 39.5 Å². The SMILES string of the molecule is Cc1ccc(-c2cc(-c3ccc(C(F)(F)F)cc3)cc(-c3ccc4c(c3)c3cc(-c5cc(-c6ccc(C)cc6)cc(-c6ccc(C(F)(F)F)cc6)c5)ccc3n4-c3ccccc3C(F)(F)F)c2)cc1. The van der Waals surface area contributed by atoms with E-state index in [1.165, 1.54) is 36.4 Å². The molecule has 0 unspecified atom stereocenters. The molecule has 0 aliphatic heterocycles. The number of nitrogens with zero attached hydrogens (tertiary/aromatic N) is 1. The van der Waals surface area contributed by atoms with Gasteiger partial charge in [0.15, 0.2) is 0 Å². The smallest absolute Gasteiger partial charge is 0.309 e. The number of aromatic nitrogens is 1. The number of benzene rings is 9. The fourth-order valence-electron chi connectivity index (χ4n) is 9.00. The van der Waals surface area contributed by atoms with E-state index in [0.717, 1.165) is 74.8 Å². The number of rotatable bonds is 7. The molecule has 0 spiro atoms. The summed E-state index contributed by atoms with van der Waals surface area (Å²) in [5.41, 5.74) is 9.37. The molecule has 1 aromatic heterocycles. The molecule has 0 aliphatic rings. The highest BCUT2D eigenvalue weighted by atomic mass is 19.4. The van der Waals surface area contributed by atoms with Gasteiger partial charge in [-0.2, -0.15) is 39.5 Å². The molecule has 10 heteroatoms. The Morgan fingerprint density at radius 3 is 0.928 bits per heavy atom. The van der Waals surface area contributed by atoms with Crippen LogP contribution >= 0.6 is 0 Å². The number of halogens is 9. The van der Waals surface area contributed by atoms with Crippen molar-refractivity contribution in [2.45, 2.75) is 32.4 Å². The van der Waals surface area contributed by atoms with Crippen molar-refractivity contribution >= 4 is 21.8 Å². The molecule has 9 aromatic carbocycles. The Morgan fingerprint density at radius 1 is 0.290 bits per heavy atom. The zero-order valence-corrected chi connectivity index (χ0v) is 36.8. The molecule has 0 saturated heterocycles. The Kier molecular flexibility index (Phi) is 11.1. The molecule has 1 nitrogen and oxygen atoms in total. The van der Waals surface area contributed by atoms with Gasteiger partial charge in [0.2, 0.25) is 0 Å². The van der Waals surface area contributed by atoms with Gasteiger partial charge in [-0.15, -0.1) is 0 Å². The second-order valence-electron chi connectivity index (χ2n) is 17.3. The maximum atomic E-state index is 14.8. The summed E-state index contributed by atoms with van der Waals surface area (Å²) >= 11 is 0. The molecule has 0 saturated carbocycles. The van der Waals surface area contributed by atoms with Crippen LogP contribution in [0.2, 0.25) is 0 Å². The van der Waals surface area contributed by atoms with Crippen molar-refractivity contribution in [1.82, 2.24) is 4.57 Å². The lowest BCUT2D eigenvalue weighted by molar-refractivity contribution is -0.138. The number of hydrogen-bond donors (Lipinski definition) is 0. The van der Waals surface area contributed by atoms with Crippen LogP contribution in [0, 0.1) is 13.8 Å². The van der Waals surface area contributed by atoms with Crippen LogP contribution < -0.4 is 0 Å². The summed E-state index contributed by atoms with van der Waals surface area (Å²) in [6, 6.07) is 53.8. The van der Waals surface area contributed by atoms with E-state index in [9.17, 15) is 39.5 Å². The molecule has 0 radical (unpaired) electrons. The summed E-state index contributed by atoms with van der Waals surface area (Å²) in [5.74, 6) is 0. The Labute approximate surface area is 391 Å². The van der Waals surface area contributed by atoms with Crippen LogP contribution in [0.15, 0.2) is 194 Å². The lowest BCUT2D eigenvalue weighted by Crippen LogP contribution is -2.10. The van der Waals surface area contributed by atoms with Gasteiger partial charge in [0, 0.05) is 10.8 Å². The molecule has 1 heterocycles. The zero-order valence-electron chi connectivity index (χ0n) is 36.8. The lowest BCUT2D eigenvalue weighted by Gasteiger charge is -2.16. The summed E-state index contributed by atoms with van der Waals surface area (Å²) in [7, 11) is 0. The minimum absolute atomic E-state index is 0.0672. The fourth-order valence-corrected chi connectivity index (χ4v) is 9.00. The van der Waals surface area contributed by atoms with Gasteiger partial charge in [0.1, 0.15) is 0 Å². The quantitative estimate of drug-likeness (QED) is 0.140. The van der Waals surface area contributed by atoms with Crippen molar-refractivity contribution in [1.29, 1.82) is 0 Å². The summed E-state index contributed by atoms with van der Waals surface area (Å²) in [6.45, 7) is 3.94. The second-order valence-corrected chi connectivity index (χ2v) is 17.3. The number of aryl methyl sites for hydroxylation is 2. The summed E-state index contributed by atoms with van der Waals surface area (Å²) in [5, 5.41) is 1.27. The topological polar surface area (TPSA) is 4.93 Å². The van der Waals surface area contributed by atoms with Crippen LogP contribution in [0.1, 0.15) is 27.8 Å². The van der Waals surface area contributed by atoms with E-state index in [4.69, 9.17) is 0 Å². The molecule has 10 rings (SSSR count). The summed E-state index contributed by atoms with van der Waals surface area (Å²) in [4.78, 5) is 0. The van der Waals surface area contributed by atoms with Crippen molar-refractivity contribution in [3.8, 4) is 72.4 Å². The molecule has 69 heavy (non-hydrogen) atoms. The van der Waals surface area contributed by atoms with Gasteiger partial charge in [-0.1, -0.05) is 108 Å². The first kappa shape index (κ1) is 45.0. The van der Waals surface area contributed by atoms with Crippen LogP contribution in [-0.4, -0.2) is 4.57 Å². The van der Waals surface area contributed by atoms with Gasteiger partial charge in [-0.25, -0.2) is 0 Å². The average Bonchev–Trinajstić information content (AvgIpc) is 3.66. The van der Waals surface area contributed by atoms with E-state index in [1.807, 2.05) is 123 Å². The third-order valence-corrected chi connectivity index (χ3v) is 12.6. The first-order valence-electron chi connectivity index (χ1n) is 21.9. The minimum atomic E-state index is -4.68. The molecule has 0 fully saturated rings. The van der Waals surface area contributed by atoms with Crippen molar-refractivity contribution in [3.05, 3.63) is 222 Å². The first-order chi connectivity index (χ1) is 32.9. The standard InChI is InChI=1S/C59H38F9N/c1-35-7-11-37(12-8-35)43-27-45(39-15-21-49(22-16-39)57(60,61)62)31-47(29-43)41-19-25-54-51(33-41)52-34-42(20-26-55(52)69(54)56-6-4-3-5-53(56)59(66,67)68)48-30-44(38-13-9-36(2)10-14-38)28-46(32-48)40-17-23-50(24-18-40)58(63,64)65/h3-34H,1-2H3. The predicted octanol–water partition coefficient (Wildman–Crippen LogP) is 18.5. The third-order valence-electron chi connectivity index (χ3n) is 12.6. The maximum absolute atomic E-state index is 14.8. The second kappa shape index (κ2) is 17.0. The van der Waals surface area contributed by atoms with Gasteiger partial charge in [-0.05, 0) is 178 Å². The van der Waals surface area contributed by atoms with Crippen LogP contribution in [0.4, 0.5) is 39.5 Å². The molecule has 0 atom stereocenters. The number of fused-ring (bicyclic) bond motifs is 3. The van der Waals surface area contributed by atoms with Gasteiger partial charge in [-0.3, -0.25) is 0 Å². The van der Waals surface area contributed by atoms with Crippen molar-refractivity contribution in [3.63, 3.8) is 0 Å². The van der Waals surface area contributed by atoms with Crippen LogP contribution in [0.3, 0.4) is 0 Å². The summed E-state index contributed by atoms with van der Waals surface area (Å²) < 4.78 is 128. The molecule has 0 bridgehead atoms. The molecule has 342 valence electrons. The molecule has 0 N–H and O–H groups in total.